The third kappa shape index (κ3) is 3.56. The first-order valence-corrected chi connectivity index (χ1v) is 11.1. The zero-order chi connectivity index (χ0) is 22.2. The number of anilines is 1. The molecule has 0 bridgehead atoms. The van der Waals surface area contributed by atoms with Crippen molar-refractivity contribution in [2.24, 2.45) is 0 Å². The Morgan fingerprint density at radius 2 is 1.62 bits per heavy atom. The number of nitrogens with zero attached hydrogens (tertiary/aromatic N) is 2. The van der Waals surface area contributed by atoms with Crippen molar-refractivity contribution in [2.75, 3.05) is 4.90 Å². The minimum Gasteiger partial charge on any atom is -0.294 e. The van der Waals surface area contributed by atoms with Crippen LogP contribution in [0.3, 0.4) is 0 Å². The minimum atomic E-state index is -0.238. The summed E-state index contributed by atoms with van der Waals surface area (Å²) in [4.78, 5) is 33.2. The number of amides is 1. The van der Waals surface area contributed by atoms with Gasteiger partial charge in [-0.3, -0.25) is 19.5 Å². The zero-order valence-electron chi connectivity index (χ0n) is 18.4. The molecule has 2 atom stereocenters. The second-order valence-corrected chi connectivity index (χ2v) is 8.84. The van der Waals surface area contributed by atoms with Gasteiger partial charge in [0.1, 0.15) is 0 Å². The quantitative estimate of drug-likeness (QED) is 0.550. The van der Waals surface area contributed by atoms with Gasteiger partial charge in [0, 0.05) is 48.1 Å². The van der Waals surface area contributed by atoms with Gasteiger partial charge in [0.2, 0.25) is 5.91 Å². The van der Waals surface area contributed by atoms with Gasteiger partial charge in [-0.05, 0) is 66.6 Å². The van der Waals surface area contributed by atoms with Crippen molar-refractivity contribution >= 4 is 17.4 Å². The molecule has 1 amide bonds. The Bertz CT molecular complexity index is 1210. The van der Waals surface area contributed by atoms with E-state index in [-0.39, 0.29) is 29.9 Å². The van der Waals surface area contributed by atoms with Crippen LogP contribution < -0.4 is 4.90 Å². The van der Waals surface area contributed by atoms with Crippen LogP contribution in [0.4, 0.5) is 5.69 Å². The summed E-state index contributed by atoms with van der Waals surface area (Å²) < 4.78 is 0. The van der Waals surface area contributed by atoms with Crippen molar-refractivity contribution in [2.45, 2.75) is 44.9 Å². The van der Waals surface area contributed by atoms with Crippen LogP contribution in [0.25, 0.3) is 0 Å². The van der Waals surface area contributed by atoms with E-state index in [4.69, 9.17) is 0 Å². The maximum absolute atomic E-state index is 13.6. The van der Waals surface area contributed by atoms with Crippen LogP contribution in [0.1, 0.15) is 53.4 Å². The third-order valence-corrected chi connectivity index (χ3v) is 6.84. The molecular weight excluding hydrogens is 396 g/mol. The number of hydrogen-bond donors (Lipinski definition) is 0. The summed E-state index contributed by atoms with van der Waals surface area (Å²) in [5, 5.41) is 0. The summed E-state index contributed by atoms with van der Waals surface area (Å²) in [7, 11) is 0. The number of hydrogen-bond acceptors (Lipinski definition) is 3. The van der Waals surface area contributed by atoms with Crippen LogP contribution in [0, 0.1) is 13.8 Å². The van der Waals surface area contributed by atoms with Crippen molar-refractivity contribution < 1.29 is 9.59 Å². The van der Waals surface area contributed by atoms with E-state index in [1.165, 1.54) is 5.56 Å². The molecule has 0 saturated heterocycles. The summed E-state index contributed by atoms with van der Waals surface area (Å²) in [6.45, 7) is 4.12. The highest BCUT2D eigenvalue weighted by molar-refractivity contribution is 6.08. The van der Waals surface area contributed by atoms with E-state index in [0.29, 0.717) is 12.8 Å². The number of ketones is 1. The zero-order valence-corrected chi connectivity index (χ0v) is 18.4. The Morgan fingerprint density at radius 1 is 0.844 bits per heavy atom. The van der Waals surface area contributed by atoms with Crippen molar-refractivity contribution in [1.29, 1.82) is 0 Å². The highest BCUT2D eigenvalue weighted by Gasteiger charge is 2.42. The van der Waals surface area contributed by atoms with Gasteiger partial charge in [0.05, 0.1) is 0 Å². The summed E-state index contributed by atoms with van der Waals surface area (Å²) >= 11 is 0. The van der Waals surface area contributed by atoms with Crippen LogP contribution in [0.15, 0.2) is 84.3 Å². The standard InChI is InChI=1S/C28H26N2O2/c1-18-10-11-23(13-19(18)2)30-25-14-22(20-7-4-3-5-8-20)15-26(31)28(25)24(16-27(30)32)21-9-6-12-29-17-21/h3-13,17,22,24H,14-16H2,1-2H3. The predicted molar refractivity (Wildman–Crippen MR) is 125 cm³/mol. The van der Waals surface area contributed by atoms with Gasteiger partial charge < -0.3 is 0 Å². The first kappa shape index (κ1) is 20.4. The molecule has 5 rings (SSSR count). The highest BCUT2D eigenvalue weighted by Crippen LogP contribution is 2.46. The number of carbonyl (C=O) groups is 2. The number of Topliss-reactive ketones (excluding diaryl/α,β-unsaturated/α-hetero) is 1. The van der Waals surface area contributed by atoms with E-state index < -0.39 is 0 Å². The highest BCUT2D eigenvalue weighted by atomic mass is 16.2. The lowest BCUT2D eigenvalue weighted by molar-refractivity contribution is -0.120. The molecule has 0 fully saturated rings. The predicted octanol–water partition coefficient (Wildman–Crippen LogP) is 5.62. The summed E-state index contributed by atoms with van der Waals surface area (Å²) in [5.41, 5.74) is 6.86. The molecule has 1 aliphatic heterocycles. The normalized spacial score (nSPS) is 21.0. The van der Waals surface area contributed by atoms with Gasteiger partial charge in [-0.15, -0.1) is 0 Å². The summed E-state index contributed by atoms with van der Waals surface area (Å²) in [6, 6.07) is 20.1. The van der Waals surface area contributed by atoms with Gasteiger partial charge >= 0.3 is 0 Å². The number of pyridine rings is 1. The number of benzene rings is 2. The van der Waals surface area contributed by atoms with Crippen molar-refractivity contribution in [3.05, 3.63) is 107 Å². The Balaban J connectivity index is 1.66. The van der Waals surface area contributed by atoms with E-state index in [1.807, 2.05) is 47.4 Å². The molecule has 2 aliphatic rings. The van der Waals surface area contributed by atoms with Gasteiger partial charge in [-0.25, -0.2) is 0 Å². The Labute approximate surface area is 188 Å². The van der Waals surface area contributed by atoms with Crippen LogP contribution >= 0.6 is 0 Å². The van der Waals surface area contributed by atoms with E-state index in [1.54, 1.807) is 12.4 Å². The lowest BCUT2D eigenvalue weighted by atomic mass is 9.73. The molecule has 2 unspecified atom stereocenters. The molecular formula is C28H26N2O2. The SMILES string of the molecule is Cc1ccc(N2C(=O)CC(c3cccnc3)C3=C2CC(c2ccccc2)CC3=O)cc1C. The molecule has 0 saturated carbocycles. The fourth-order valence-electron chi connectivity index (χ4n) is 5.03. The van der Waals surface area contributed by atoms with E-state index >= 15 is 0 Å². The molecule has 1 aliphatic carbocycles. The van der Waals surface area contributed by atoms with E-state index in [0.717, 1.165) is 33.6 Å². The molecule has 32 heavy (non-hydrogen) atoms. The molecule has 0 spiro atoms. The van der Waals surface area contributed by atoms with Gasteiger partial charge in [0.25, 0.3) is 0 Å². The van der Waals surface area contributed by atoms with Crippen LogP contribution in [-0.2, 0) is 9.59 Å². The van der Waals surface area contributed by atoms with Crippen LogP contribution in [0.2, 0.25) is 0 Å². The van der Waals surface area contributed by atoms with Crippen LogP contribution in [0.5, 0.6) is 0 Å². The molecule has 4 nitrogen and oxygen atoms in total. The molecule has 0 N–H and O–H groups in total. The topological polar surface area (TPSA) is 50.3 Å². The Kier molecular flexibility index (Phi) is 5.22. The maximum atomic E-state index is 13.6. The molecule has 0 radical (unpaired) electrons. The molecule has 160 valence electrons. The lowest BCUT2D eigenvalue weighted by Gasteiger charge is -2.40. The average molecular weight is 423 g/mol. The number of rotatable bonds is 3. The van der Waals surface area contributed by atoms with Gasteiger partial charge in [-0.1, -0.05) is 42.5 Å². The van der Waals surface area contributed by atoms with Crippen molar-refractivity contribution in [3.8, 4) is 0 Å². The molecule has 4 heteroatoms. The second kappa shape index (κ2) is 8.19. The number of allylic oxidation sites excluding steroid dienone is 2. The fourth-order valence-corrected chi connectivity index (χ4v) is 5.03. The first-order chi connectivity index (χ1) is 15.5. The third-order valence-electron chi connectivity index (χ3n) is 6.84. The minimum absolute atomic E-state index is 0.0300. The van der Waals surface area contributed by atoms with Crippen molar-refractivity contribution in [3.63, 3.8) is 0 Å². The largest absolute Gasteiger partial charge is 0.294 e. The van der Waals surface area contributed by atoms with Crippen LogP contribution in [-0.4, -0.2) is 16.7 Å². The number of aromatic nitrogens is 1. The first-order valence-electron chi connectivity index (χ1n) is 11.1. The summed E-state index contributed by atoms with van der Waals surface area (Å²) in [6.07, 6.45) is 4.91. The molecule has 2 heterocycles. The Morgan fingerprint density at radius 3 is 2.34 bits per heavy atom. The Hall–Kier alpha value is -3.53. The van der Waals surface area contributed by atoms with E-state index in [9.17, 15) is 9.59 Å². The monoisotopic (exact) mass is 422 g/mol. The molecule has 2 aromatic carbocycles. The van der Waals surface area contributed by atoms with Gasteiger partial charge in [0.15, 0.2) is 5.78 Å². The van der Waals surface area contributed by atoms with Crippen molar-refractivity contribution in [1.82, 2.24) is 4.98 Å². The smallest absolute Gasteiger partial charge is 0.232 e. The number of carbonyl (C=O) groups excluding carboxylic acids is 2. The number of aryl methyl sites for hydroxylation is 2. The maximum Gasteiger partial charge on any atom is 0.232 e. The average Bonchev–Trinajstić information content (AvgIpc) is 2.81. The molecule has 1 aromatic heterocycles. The lowest BCUT2D eigenvalue weighted by Crippen LogP contribution is -2.41. The van der Waals surface area contributed by atoms with E-state index in [2.05, 4.69) is 37.0 Å². The second-order valence-electron chi connectivity index (χ2n) is 8.84. The summed E-state index contributed by atoms with van der Waals surface area (Å²) in [5.74, 6) is -0.00665. The molecule has 3 aromatic rings. The van der Waals surface area contributed by atoms with Gasteiger partial charge in [-0.2, -0.15) is 0 Å². The fraction of sp³-hybridized carbons (Fsp3) is 0.250.